The summed E-state index contributed by atoms with van der Waals surface area (Å²) >= 11 is 1.43. The van der Waals surface area contributed by atoms with Crippen LogP contribution in [0.5, 0.6) is 0 Å². The lowest BCUT2D eigenvalue weighted by Gasteiger charge is -2.57. The van der Waals surface area contributed by atoms with Crippen LogP contribution in [0.15, 0.2) is 35.5 Å². The minimum Gasteiger partial charge on any atom is -0.350 e. The lowest BCUT2D eigenvalue weighted by molar-refractivity contribution is -0.126. The molecule has 4 fully saturated rings. The Balaban J connectivity index is 1.23. The summed E-state index contributed by atoms with van der Waals surface area (Å²) in [6.07, 6.45) is 7.71. The molecule has 4 aliphatic rings. The summed E-state index contributed by atoms with van der Waals surface area (Å²) in [6.45, 7) is 1.96. The molecule has 2 aromatic rings. The van der Waals surface area contributed by atoms with Gasteiger partial charge in [0.15, 0.2) is 5.82 Å². The molecule has 4 aliphatic carbocycles. The Bertz CT molecular complexity index is 798. The largest absolute Gasteiger partial charge is 0.350 e. The predicted octanol–water partition coefficient (Wildman–Crippen LogP) is 4.04. The zero-order valence-electron chi connectivity index (χ0n) is 15.6. The summed E-state index contributed by atoms with van der Waals surface area (Å²) in [4.78, 5) is 17.5. The number of thioether (sulfide) groups is 1. The normalized spacial score (nSPS) is 32.4. The van der Waals surface area contributed by atoms with Crippen LogP contribution in [0, 0.1) is 17.8 Å². The fourth-order valence-corrected chi connectivity index (χ4v) is 6.59. The van der Waals surface area contributed by atoms with Gasteiger partial charge in [0.2, 0.25) is 11.1 Å². The van der Waals surface area contributed by atoms with E-state index in [1.807, 2.05) is 37.3 Å². The third-order valence-electron chi connectivity index (χ3n) is 6.59. The maximum atomic E-state index is 12.9. The number of hydrogen-bond acceptors (Lipinski definition) is 4. The molecule has 1 aromatic heterocycles. The molecule has 6 rings (SSSR count). The van der Waals surface area contributed by atoms with Gasteiger partial charge in [-0.15, -0.1) is 5.10 Å². The van der Waals surface area contributed by atoms with Crippen molar-refractivity contribution >= 4 is 17.7 Å². The summed E-state index contributed by atoms with van der Waals surface area (Å²) in [5.41, 5.74) is 1.07. The standard InChI is InChI=1S/C21H26N4OS/c1-13(27-20-22-18(24-25-20)17-5-3-2-4-6-17)19(26)23-21-10-14-7-15(11-21)9-16(8-14)12-21/h2-6,13-16H,7-12H2,1H3,(H,23,26)(H,22,24,25)/t13-,14?,15?,16?,21?/m0/s1. The van der Waals surface area contributed by atoms with E-state index in [1.54, 1.807) is 0 Å². The SMILES string of the molecule is C[C@H](Sc1n[nH]c(-c2ccccc2)n1)C(=O)NC12CC3CC(CC(C3)C1)C2. The van der Waals surface area contributed by atoms with E-state index in [4.69, 9.17) is 0 Å². The van der Waals surface area contributed by atoms with Crippen LogP contribution in [0.2, 0.25) is 0 Å². The van der Waals surface area contributed by atoms with E-state index < -0.39 is 0 Å². The number of carbonyl (C=O) groups excluding carboxylic acids is 1. The lowest BCUT2D eigenvalue weighted by Crippen LogP contribution is -2.60. The number of nitrogens with one attached hydrogen (secondary N) is 2. The molecule has 4 bridgehead atoms. The fraction of sp³-hybridized carbons (Fsp3) is 0.571. The Labute approximate surface area is 164 Å². The smallest absolute Gasteiger partial charge is 0.233 e. The minimum atomic E-state index is -0.197. The first-order valence-corrected chi connectivity index (χ1v) is 10.9. The van der Waals surface area contributed by atoms with E-state index in [0.29, 0.717) is 5.16 Å². The highest BCUT2D eigenvalue weighted by Gasteiger charge is 2.51. The first kappa shape index (κ1) is 17.3. The quantitative estimate of drug-likeness (QED) is 0.766. The summed E-state index contributed by atoms with van der Waals surface area (Å²) in [5.74, 6) is 3.38. The summed E-state index contributed by atoms with van der Waals surface area (Å²) < 4.78 is 0. The van der Waals surface area contributed by atoms with Crippen molar-refractivity contribution in [1.82, 2.24) is 20.5 Å². The summed E-state index contributed by atoms with van der Waals surface area (Å²) in [7, 11) is 0. The number of aromatic amines is 1. The number of amides is 1. The monoisotopic (exact) mass is 382 g/mol. The Kier molecular flexibility index (Phi) is 4.26. The zero-order valence-corrected chi connectivity index (χ0v) is 16.5. The van der Waals surface area contributed by atoms with Gasteiger partial charge < -0.3 is 5.32 Å². The Morgan fingerprint density at radius 1 is 1.15 bits per heavy atom. The van der Waals surface area contributed by atoms with Crippen LogP contribution >= 0.6 is 11.8 Å². The van der Waals surface area contributed by atoms with E-state index in [9.17, 15) is 4.79 Å². The summed E-state index contributed by atoms with van der Waals surface area (Å²) in [5, 5.41) is 11.2. The minimum absolute atomic E-state index is 0.0643. The number of aromatic nitrogens is 3. The maximum absolute atomic E-state index is 12.9. The van der Waals surface area contributed by atoms with Gasteiger partial charge in [-0.2, -0.15) is 0 Å². The molecular formula is C21H26N4OS. The van der Waals surface area contributed by atoms with Crippen molar-refractivity contribution in [2.45, 2.75) is 61.4 Å². The molecule has 1 amide bonds. The van der Waals surface area contributed by atoms with Gasteiger partial charge >= 0.3 is 0 Å². The van der Waals surface area contributed by atoms with Gasteiger partial charge in [-0.1, -0.05) is 42.1 Å². The second-order valence-electron chi connectivity index (χ2n) is 8.78. The van der Waals surface area contributed by atoms with Crippen LogP contribution in [0.25, 0.3) is 11.4 Å². The van der Waals surface area contributed by atoms with Gasteiger partial charge in [0.05, 0.1) is 5.25 Å². The third kappa shape index (κ3) is 3.40. The Morgan fingerprint density at radius 2 is 1.78 bits per heavy atom. The van der Waals surface area contributed by atoms with E-state index in [2.05, 4.69) is 20.5 Å². The molecule has 1 aromatic carbocycles. The molecule has 1 atom stereocenters. The van der Waals surface area contributed by atoms with Crippen LogP contribution in [-0.4, -0.2) is 31.9 Å². The van der Waals surface area contributed by atoms with Crippen molar-refractivity contribution in [3.05, 3.63) is 30.3 Å². The second-order valence-corrected chi connectivity index (χ2v) is 10.1. The van der Waals surface area contributed by atoms with E-state index >= 15 is 0 Å². The molecule has 1 heterocycles. The molecule has 142 valence electrons. The van der Waals surface area contributed by atoms with Crippen molar-refractivity contribution in [3.8, 4) is 11.4 Å². The predicted molar refractivity (Wildman–Crippen MR) is 106 cm³/mol. The Morgan fingerprint density at radius 3 is 2.41 bits per heavy atom. The lowest BCUT2D eigenvalue weighted by atomic mass is 9.53. The molecule has 0 radical (unpaired) electrons. The van der Waals surface area contributed by atoms with Gasteiger partial charge in [0.25, 0.3) is 0 Å². The molecule has 6 heteroatoms. The molecule has 0 unspecified atom stereocenters. The number of nitrogens with zero attached hydrogens (tertiary/aromatic N) is 2. The van der Waals surface area contributed by atoms with E-state index in [0.717, 1.165) is 29.1 Å². The fourth-order valence-electron chi connectivity index (χ4n) is 5.86. The number of hydrogen-bond donors (Lipinski definition) is 2. The topological polar surface area (TPSA) is 70.7 Å². The molecular weight excluding hydrogens is 356 g/mol. The molecule has 4 saturated carbocycles. The van der Waals surface area contributed by atoms with Crippen LogP contribution in [0.4, 0.5) is 0 Å². The number of benzene rings is 1. The van der Waals surface area contributed by atoms with Gasteiger partial charge in [-0.05, 0) is 63.2 Å². The first-order valence-electron chi connectivity index (χ1n) is 10.0. The Hall–Kier alpha value is -1.82. The van der Waals surface area contributed by atoms with Crippen molar-refractivity contribution in [2.24, 2.45) is 17.8 Å². The maximum Gasteiger partial charge on any atom is 0.233 e. The molecule has 0 spiro atoms. The van der Waals surface area contributed by atoms with Crippen molar-refractivity contribution in [3.63, 3.8) is 0 Å². The van der Waals surface area contributed by atoms with Crippen molar-refractivity contribution in [1.29, 1.82) is 0 Å². The van der Waals surface area contributed by atoms with E-state index in [-0.39, 0.29) is 16.7 Å². The van der Waals surface area contributed by atoms with Gasteiger partial charge in [-0.25, -0.2) is 4.98 Å². The highest BCUT2D eigenvalue weighted by Crippen LogP contribution is 2.55. The van der Waals surface area contributed by atoms with Crippen LogP contribution in [0.1, 0.15) is 45.4 Å². The van der Waals surface area contributed by atoms with Crippen LogP contribution in [-0.2, 0) is 4.79 Å². The van der Waals surface area contributed by atoms with Gasteiger partial charge in [0, 0.05) is 11.1 Å². The van der Waals surface area contributed by atoms with Gasteiger partial charge in [0.1, 0.15) is 0 Å². The average Bonchev–Trinajstić information content (AvgIpc) is 3.09. The van der Waals surface area contributed by atoms with Crippen LogP contribution in [0.3, 0.4) is 0 Å². The first-order chi connectivity index (χ1) is 13.1. The second kappa shape index (κ2) is 6.66. The number of H-pyrrole nitrogens is 1. The number of rotatable bonds is 5. The summed E-state index contributed by atoms with van der Waals surface area (Å²) in [6, 6.07) is 9.93. The molecule has 2 N–H and O–H groups in total. The van der Waals surface area contributed by atoms with E-state index in [1.165, 1.54) is 50.3 Å². The molecule has 5 nitrogen and oxygen atoms in total. The zero-order chi connectivity index (χ0) is 18.4. The molecule has 0 aliphatic heterocycles. The molecule has 27 heavy (non-hydrogen) atoms. The highest BCUT2D eigenvalue weighted by atomic mass is 32.2. The average molecular weight is 383 g/mol. The highest BCUT2D eigenvalue weighted by molar-refractivity contribution is 8.00. The van der Waals surface area contributed by atoms with Gasteiger partial charge in [-0.3, -0.25) is 9.89 Å². The third-order valence-corrected chi connectivity index (χ3v) is 7.55. The van der Waals surface area contributed by atoms with Crippen molar-refractivity contribution in [2.75, 3.05) is 0 Å². The van der Waals surface area contributed by atoms with Crippen LogP contribution < -0.4 is 5.32 Å². The molecule has 0 saturated heterocycles. The number of carbonyl (C=O) groups is 1. The van der Waals surface area contributed by atoms with Crippen molar-refractivity contribution < 1.29 is 4.79 Å².